The number of likely N-dealkylation sites (N-methyl/N-ethyl adjacent to an activating group) is 1. The first kappa shape index (κ1) is 18.5. The van der Waals surface area contributed by atoms with Crippen LogP contribution in [0.3, 0.4) is 0 Å². The second kappa shape index (κ2) is 8.42. The molecule has 4 rings (SSSR count). The van der Waals surface area contributed by atoms with Gasteiger partial charge < -0.3 is 4.90 Å². The summed E-state index contributed by atoms with van der Waals surface area (Å²) >= 11 is 3.81. The van der Waals surface area contributed by atoms with E-state index < -0.39 is 0 Å². The number of anilines is 1. The highest BCUT2D eigenvalue weighted by Gasteiger charge is 2.31. The van der Waals surface area contributed by atoms with E-state index in [9.17, 15) is 0 Å². The number of hydrogen-bond acceptors (Lipinski definition) is 3. The van der Waals surface area contributed by atoms with Crippen LogP contribution < -0.4 is 9.80 Å². The predicted octanol–water partition coefficient (Wildman–Crippen LogP) is 5.24. The summed E-state index contributed by atoms with van der Waals surface area (Å²) in [6.45, 7) is 6.56. The first-order valence-electron chi connectivity index (χ1n) is 9.53. The Kier molecular flexibility index (Phi) is 5.77. The quantitative estimate of drug-likeness (QED) is 0.695. The largest absolute Gasteiger partial charge is 0.335 e. The summed E-state index contributed by atoms with van der Waals surface area (Å²) in [5.41, 5.74) is 2.76. The number of allylic oxidation sites excluding steroid dienone is 4. The van der Waals surface area contributed by atoms with Crippen LogP contribution in [0, 0.1) is 0 Å². The number of fused-ring (bicyclic) bond motifs is 2. The standard InChI is InChI=1S/C23H24N2S2/c1-3-24-18-12-8-10-14-20(18)26-22(24)16-6-5-7-17-23-25(4-2)19-13-9-11-15-21(19)27-23/h5-17,22H,3-4H2,1-2H3/p+1/b7-5+,16-6+,23-17+. The van der Waals surface area contributed by atoms with Gasteiger partial charge in [0.15, 0.2) is 5.37 Å². The van der Waals surface area contributed by atoms with Gasteiger partial charge in [0, 0.05) is 17.5 Å². The SMILES string of the molecule is CCN1\C(=C/C=C/C=C/C2Sc3ccccc3[NH+]2CC)Sc2ccccc21. The molecule has 2 unspecified atom stereocenters. The first-order valence-corrected chi connectivity index (χ1v) is 11.2. The zero-order chi connectivity index (χ0) is 18.6. The minimum atomic E-state index is 0.460. The van der Waals surface area contributed by atoms with E-state index in [1.165, 1.54) is 31.1 Å². The summed E-state index contributed by atoms with van der Waals surface area (Å²) < 4.78 is 0. The molecule has 2 nitrogen and oxygen atoms in total. The lowest BCUT2D eigenvalue weighted by atomic mass is 10.3. The van der Waals surface area contributed by atoms with Crippen molar-refractivity contribution >= 4 is 34.9 Å². The van der Waals surface area contributed by atoms with Gasteiger partial charge in [-0.15, -0.1) is 0 Å². The van der Waals surface area contributed by atoms with E-state index in [-0.39, 0.29) is 0 Å². The molecule has 27 heavy (non-hydrogen) atoms. The van der Waals surface area contributed by atoms with Crippen LogP contribution in [0.15, 0.2) is 93.7 Å². The molecule has 0 spiro atoms. The van der Waals surface area contributed by atoms with Crippen LogP contribution in [0.4, 0.5) is 11.4 Å². The molecule has 0 aliphatic carbocycles. The van der Waals surface area contributed by atoms with Gasteiger partial charge in [0.05, 0.1) is 22.2 Å². The molecule has 0 aromatic heterocycles. The van der Waals surface area contributed by atoms with Crippen molar-refractivity contribution in [3.8, 4) is 0 Å². The molecule has 0 fully saturated rings. The van der Waals surface area contributed by atoms with Crippen LogP contribution in [-0.2, 0) is 0 Å². The van der Waals surface area contributed by atoms with Gasteiger partial charge in [0.2, 0.25) is 0 Å². The van der Waals surface area contributed by atoms with E-state index in [1.54, 1.807) is 0 Å². The number of nitrogens with zero attached hydrogens (tertiary/aromatic N) is 1. The fraction of sp³-hybridized carbons (Fsp3) is 0.217. The van der Waals surface area contributed by atoms with Crippen LogP contribution in [0.25, 0.3) is 0 Å². The van der Waals surface area contributed by atoms with Crippen molar-refractivity contribution in [2.24, 2.45) is 0 Å². The fourth-order valence-electron chi connectivity index (χ4n) is 3.61. The van der Waals surface area contributed by atoms with Crippen molar-refractivity contribution in [3.05, 3.63) is 83.9 Å². The molecule has 2 aromatic rings. The van der Waals surface area contributed by atoms with E-state index in [0.29, 0.717) is 5.37 Å². The Morgan fingerprint density at radius 2 is 1.74 bits per heavy atom. The molecule has 1 N–H and O–H groups in total. The Hall–Kier alpha value is -1.88. The minimum Gasteiger partial charge on any atom is -0.335 e. The second-order valence-electron chi connectivity index (χ2n) is 6.50. The Bertz CT molecular complexity index is 901. The highest BCUT2D eigenvalue weighted by atomic mass is 32.2. The van der Waals surface area contributed by atoms with Gasteiger partial charge in [-0.3, -0.25) is 4.90 Å². The zero-order valence-corrected chi connectivity index (χ0v) is 17.4. The Morgan fingerprint density at radius 3 is 2.56 bits per heavy atom. The van der Waals surface area contributed by atoms with E-state index >= 15 is 0 Å². The van der Waals surface area contributed by atoms with E-state index in [2.05, 4.69) is 97.7 Å². The smallest absolute Gasteiger partial charge is 0.163 e. The average Bonchev–Trinajstić information content (AvgIpc) is 3.24. The number of nitrogens with one attached hydrogen (secondary N) is 1. The molecular weight excluding hydrogens is 368 g/mol. The average molecular weight is 394 g/mol. The van der Waals surface area contributed by atoms with E-state index in [0.717, 1.165) is 13.1 Å². The number of benzene rings is 2. The summed E-state index contributed by atoms with van der Waals surface area (Å²) in [4.78, 5) is 6.67. The van der Waals surface area contributed by atoms with Crippen LogP contribution in [-0.4, -0.2) is 18.5 Å². The molecule has 4 heteroatoms. The molecule has 138 valence electrons. The third-order valence-electron chi connectivity index (χ3n) is 4.91. The maximum absolute atomic E-state index is 2.38. The third kappa shape index (κ3) is 3.75. The molecular formula is C23H25N2S2+. The summed E-state index contributed by atoms with van der Waals surface area (Å²) in [7, 11) is 0. The zero-order valence-electron chi connectivity index (χ0n) is 15.8. The Balaban J connectivity index is 1.42. The van der Waals surface area contributed by atoms with Crippen molar-refractivity contribution in [3.63, 3.8) is 0 Å². The number of thioether (sulfide) groups is 2. The molecule has 0 saturated heterocycles. The van der Waals surface area contributed by atoms with Crippen molar-refractivity contribution in [1.82, 2.24) is 0 Å². The summed E-state index contributed by atoms with van der Waals surface area (Å²) in [5.74, 6) is 0. The van der Waals surface area contributed by atoms with Gasteiger partial charge in [-0.2, -0.15) is 0 Å². The van der Waals surface area contributed by atoms with Crippen molar-refractivity contribution < 1.29 is 4.90 Å². The third-order valence-corrected chi connectivity index (χ3v) is 7.35. The number of hydrogen-bond donors (Lipinski definition) is 1. The van der Waals surface area contributed by atoms with Crippen LogP contribution >= 0.6 is 23.5 Å². The highest BCUT2D eigenvalue weighted by molar-refractivity contribution is 8.03. The lowest BCUT2D eigenvalue weighted by molar-refractivity contribution is -0.833. The lowest BCUT2D eigenvalue weighted by Gasteiger charge is -2.17. The van der Waals surface area contributed by atoms with E-state index in [4.69, 9.17) is 0 Å². The predicted molar refractivity (Wildman–Crippen MR) is 119 cm³/mol. The fourth-order valence-corrected chi connectivity index (χ4v) is 6.11. The summed E-state index contributed by atoms with van der Waals surface area (Å²) in [5, 5.41) is 1.76. The van der Waals surface area contributed by atoms with E-state index in [1.807, 2.05) is 23.5 Å². The van der Waals surface area contributed by atoms with Gasteiger partial charge >= 0.3 is 0 Å². The van der Waals surface area contributed by atoms with Gasteiger partial charge in [-0.25, -0.2) is 0 Å². The molecule has 2 aromatic carbocycles. The van der Waals surface area contributed by atoms with Gasteiger partial charge in [-0.05, 0) is 44.2 Å². The van der Waals surface area contributed by atoms with Crippen LogP contribution in [0.1, 0.15) is 13.8 Å². The summed E-state index contributed by atoms with van der Waals surface area (Å²) in [6.07, 6.45) is 11.1. The minimum absolute atomic E-state index is 0.460. The van der Waals surface area contributed by atoms with Crippen molar-refractivity contribution in [2.45, 2.75) is 29.0 Å². The maximum atomic E-state index is 2.38. The molecule has 0 radical (unpaired) electrons. The highest BCUT2D eigenvalue weighted by Crippen LogP contribution is 2.45. The molecule has 2 aliphatic rings. The molecule has 0 bridgehead atoms. The van der Waals surface area contributed by atoms with Crippen LogP contribution in [0.5, 0.6) is 0 Å². The normalized spacial score (nSPS) is 22.9. The monoisotopic (exact) mass is 393 g/mol. The van der Waals surface area contributed by atoms with Crippen molar-refractivity contribution in [2.75, 3.05) is 18.0 Å². The molecule has 2 atom stereocenters. The van der Waals surface area contributed by atoms with Crippen LogP contribution in [0.2, 0.25) is 0 Å². The Morgan fingerprint density at radius 1 is 0.963 bits per heavy atom. The van der Waals surface area contributed by atoms with Gasteiger partial charge in [0.25, 0.3) is 0 Å². The lowest BCUT2D eigenvalue weighted by Crippen LogP contribution is -3.08. The molecule has 0 saturated carbocycles. The van der Waals surface area contributed by atoms with Gasteiger partial charge in [-0.1, -0.05) is 66.0 Å². The van der Waals surface area contributed by atoms with Crippen molar-refractivity contribution in [1.29, 1.82) is 0 Å². The summed E-state index contributed by atoms with van der Waals surface area (Å²) in [6, 6.07) is 17.4. The number of quaternary nitrogens is 1. The topological polar surface area (TPSA) is 7.68 Å². The molecule has 0 amide bonds. The molecule has 2 heterocycles. The van der Waals surface area contributed by atoms with Gasteiger partial charge in [0.1, 0.15) is 5.69 Å². The second-order valence-corrected chi connectivity index (χ2v) is 8.75. The number of para-hydroxylation sites is 2. The molecule has 2 aliphatic heterocycles. The maximum Gasteiger partial charge on any atom is 0.163 e. The number of rotatable bonds is 5. The first-order chi connectivity index (χ1) is 13.3. The Labute approximate surface area is 170 Å².